The van der Waals surface area contributed by atoms with Crippen molar-refractivity contribution in [3.8, 4) is 0 Å². The minimum atomic E-state index is -0.736. The molecule has 1 aromatic carbocycles. The van der Waals surface area contributed by atoms with E-state index in [-0.39, 0.29) is 37.6 Å². The number of carbonyl (C=O) groups is 3. The van der Waals surface area contributed by atoms with Crippen molar-refractivity contribution < 1.29 is 24.2 Å². The van der Waals surface area contributed by atoms with Gasteiger partial charge in [-0.15, -0.1) is 11.8 Å². The lowest BCUT2D eigenvalue weighted by atomic mass is 9.91. The fourth-order valence-electron chi connectivity index (χ4n) is 5.95. The Morgan fingerprint density at radius 2 is 1.75 bits per heavy atom. The number of rotatable bonds is 15. The zero-order valence-corrected chi connectivity index (χ0v) is 28.8. The highest BCUT2D eigenvalue weighted by molar-refractivity contribution is 7.99. The molecule has 2 aliphatic rings. The van der Waals surface area contributed by atoms with Crippen molar-refractivity contribution in [3.05, 3.63) is 35.9 Å². The van der Waals surface area contributed by atoms with Crippen LogP contribution in [0.1, 0.15) is 71.3 Å². The predicted octanol–water partition coefficient (Wildman–Crippen LogP) is 4.83. The van der Waals surface area contributed by atoms with E-state index in [1.54, 1.807) is 37.4 Å². The molecule has 0 radical (unpaired) electrons. The molecule has 1 unspecified atom stereocenters. The van der Waals surface area contributed by atoms with Crippen LogP contribution in [0.2, 0.25) is 0 Å². The molecule has 2 fully saturated rings. The van der Waals surface area contributed by atoms with Crippen molar-refractivity contribution in [2.24, 2.45) is 5.92 Å². The molecule has 44 heavy (non-hydrogen) atoms. The zero-order valence-electron chi connectivity index (χ0n) is 27.2. The first-order valence-corrected chi connectivity index (χ1v) is 18.7. The first kappa shape index (κ1) is 36.5. The predicted molar refractivity (Wildman–Crippen MR) is 181 cm³/mol. The SMILES string of the molecule is CSCN(CC(=O)NC(CSCC1CCCCC1)C(=O)N(CCO)C1CCN(Cc2ccccc2)CC1)C(=O)OC(C)(C)C. The second-order valence-electron chi connectivity index (χ2n) is 13.0. The Labute approximate surface area is 273 Å². The van der Waals surface area contributed by atoms with Gasteiger partial charge in [-0.2, -0.15) is 11.8 Å². The van der Waals surface area contributed by atoms with E-state index < -0.39 is 17.7 Å². The van der Waals surface area contributed by atoms with Crippen molar-refractivity contribution in [2.45, 2.75) is 89.9 Å². The van der Waals surface area contributed by atoms with Gasteiger partial charge < -0.3 is 20.1 Å². The van der Waals surface area contributed by atoms with Crippen molar-refractivity contribution in [1.82, 2.24) is 20.0 Å². The van der Waals surface area contributed by atoms with Crippen LogP contribution in [0.4, 0.5) is 4.79 Å². The van der Waals surface area contributed by atoms with Gasteiger partial charge in [-0.25, -0.2) is 4.79 Å². The van der Waals surface area contributed by atoms with E-state index in [4.69, 9.17) is 4.74 Å². The quantitative estimate of drug-likeness (QED) is 0.261. The van der Waals surface area contributed by atoms with E-state index >= 15 is 0 Å². The van der Waals surface area contributed by atoms with Crippen LogP contribution >= 0.6 is 23.5 Å². The van der Waals surface area contributed by atoms with E-state index in [1.165, 1.54) is 54.3 Å². The van der Waals surface area contributed by atoms with Gasteiger partial charge in [-0.05, 0) is 69.9 Å². The number of benzene rings is 1. The van der Waals surface area contributed by atoms with Crippen LogP contribution < -0.4 is 5.32 Å². The third kappa shape index (κ3) is 12.8. The van der Waals surface area contributed by atoms with Crippen molar-refractivity contribution in [3.63, 3.8) is 0 Å². The number of likely N-dealkylation sites (tertiary alicyclic amines) is 1. The summed E-state index contributed by atoms with van der Waals surface area (Å²) in [6, 6.07) is 9.66. The molecular weight excluding hydrogens is 597 g/mol. The normalized spacial score (nSPS) is 17.6. The van der Waals surface area contributed by atoms with E-state index in [1.807, 2.05) is 12.3 Å². The second kappa shape index (κ2) is 18.9. The monoisotopic (exact) mass is 650 g/mol. The van der Waals surface area contributed by atoms with Gasteiger partial charge in [0.1, 0.15) is 18.2 Å². The molecule has 248 valence electrons. The summed E-state index contributed by atoms with van der Waals surface area (Å²) in [5, 5.41) is 12.9. The number of nitrogens with zero attached hydrogens (tertiary/aromatic N) is 3. The molecule has 2 N–H and O–H groups in total. The standard InChI is InChI=1S/C33H54N4O5S2/c1-33(2,3)42-32(41)36(25-43-4)22-30(39)34-29(24-44-23-27-13-9-6-10-14-27)31(40)37(19-20-38)28-15-17-35(18-16-28)21-26-11-7-5-8-12-26/h5,7-8,11-12,27-29,38H,6,9-10,13-25H2,1-4H3,(H,34,39). The van der Waals surface area contributed by atoms with Gasteiger partial charge >= 0.3 is 6.09 Å². The minimum absolute atomic E-state index is 0.000766. The van der Waals surface area contributed by atoms with E-state index in [9.17, 15) is 19.5 Å². The van der Waals surface area contributed by atoms with Gasteiger partial charge in [-0.1, -0.05) is 49.6 Å². The molecular formula is C33H54N4O5S2. The fourth-order valence-corrected chi connectivity index (χ4v) is 7.72. The van der Waals surface area contributed by atoms with Crippen molar-refractivity contribution >= 4 is 41.4 Å². The molecule has 1 heterocycles. The first-order valence-electron chi connectivity index (χ1n) is 16.1. The Morgan fingerprint density at radius 3 is 2.36 bits per heavy atom. The highest BCUT2D eigenvalue weighted by Crippen LogP contribution is 2.27. The second-order valence-corrected chi connectivity index (χ2v) is 14.9. The fraction of sp³-hybridized carbons (Fsp3) is 0.727. The molecule has 1 aromatic rings. The van der Waals surface area contributed by atoms with Crippen molar-refractivity contribution in [2.75, 3.05) is 56.4 Å². The number of amides is 3. The van der Waals surface area contributed by atoms with Gasteiger partial charge in [0.05, 0.1) is 12.5 Å². The summed E-state index contributed by atoms with van der Waals surface area (Å²) >= 11 is 3.15. The van der Waals surface area contributed by atoms with Gasteiger partial charge in [0, 0.05) is 38.0 Å². The number of hydrogen-bond donors (Lipinski definition) is 2. The van der Waals surface area contributed by atoms with Crippen LogP contribution in [-0.4, -0.2) is 112 Å². The number of aliphatic hydroxyl groups is 1. The Bertz CT molecular complexity index is 1010. The van der Waals surface area contributed by atoms with E-state index in [2.05, 4.69) is 34.5 Å². The summed E-state index contributed by atoms with van der Waals surface area (Å²) in [5.41, 5.74) is 0.592. The van der Waals surface area contributed by atoms with Crippen LogP contribution in [0.3, 0.4) is 0 Å². The molecule has 1 saturated carbocycles. The molecule has 1 aliphatic carbocycles. The third-order valence-corrected chi connectivity index (χ3v) is 9.98. The maximum atomic E-state index is 14.1. The smallest absolute Gasteiger partial charge is 0.411 e. The van der Waals surface area contributed by atoms with E-state index in [0.29, 0.717) is 17.5 Å². The average molecular weight is 651 g/mol. The van der Waals surface area contributed by atoms with Crippen LogP contribution in [0, 0.1) is 5.92 Å². The van der Waals surface area contributed by atoms with Gasteiger partial charge in [0.25, 0.3) is 0 Å². The molecule has 9 nitrogen and oxygen atoms in total. The highest BCUT2D eigenvalue weighted by Gasteiger charge is 2.34. The lowest BCUT2D eigenvalue weighted by molar-refractivity contribution is -0.139. The highest BCUT2D eigenvalue weighted by atomic mass is 32.2. The Balaban J connectivity index is 1.67. The van der Waals surface area contributed by atoms with Crippen LogP contribution in [0.5, 0.6) is 0 Å². The summed E-state index contributed by atoms with van der Waals surface area (Å²) in [4.78, 5) is 45.8. The molecule has 1 atom stereocenters. The summed E-state index contributed by atoms with van der Waals surface area (Å²) in [5.74, 6) is 1.84. The Hall–Kier alpha value is -1.95. The first-order chi connectivity index (χ1) is 21.1. The molecule has 0 aromatic heterocycles. The molecule has 0 spiro atoms. The topological polar surface area (TPSA) is 102 Å². The number of piperidine rings is 1. The molecule has 1 aliphatic heterocycles. The lowest BCUT2D eigenvalue weighted by Crippen LogP contribution is -2.57. The van der Waals surface area contributed by atoms with Crippen molar-refractivity contribution in [1.29, 1.82) is 0 Å². The maximum Gasteiger partial charge on any atom is 0.411 e. The Kier molecular flexibility index (Phi) is 15.7. The van der Waals surface area contributed by atoms with Gasteiger partial charge in [-0.3, -0.25) is 19.4 Å². The number of carbonyl (C=O) groups excluding carboxylic acids is 3. The number of ether oxygens (including phenoxy) is 1. The number of thioether (sulfide) groups is 2. The largest absolute Gasteiger partial charge is 0.444 e. The summed E-state index contributed by atoms with van der Waals surface area (Å²) in [7, 11) is 0. The zero-order chi connectivity index (χ0) is 32.0. The number of hydrogen-bond acceptors (Lipinski definition) is 8. The van der Waals surface area contributed by atoms with Crippen LogP contribution in [0.25, 0.3) is 0 Å². The van der Waals surface area contributed by atoms with Gasteiger partial charge in [0.15, 0.2) is 0 Å². The number of nitrogens with one attached hydrogen (secondary N) is 1. The molecule has 1 saturated heterocycles. The summed E-state index contributed by atoms with van der Waals surface area (Å²) in [6.07, 6.45) is 9.18. The molecule has 11 heteroatoms. The Morgan fingerprint density at radius 1 is 1.07 bits per heavy atom. The van der Waals surface area contributed by atoms with Crippen LogP contribution in [-0.2, 0) is 20.9 Å². The molecule has 3 amide bonds. The lowest BCUT2D eigenvalue weighted by Gasteiger charge is -2.40. The minimum Gasteiger partial charge on any atom is -0.444 e. The van der Waals surface area contributed by atoms with E-state index in [0.717, 1.165) is 38.2 Å². The third-order valence-electron chi connectivity index (χ3n) is 8.14. The average Bonchev–Trinajstić information content (AvgIpc) is 2.99. The maximum absolute atomic E-state index is 14.1. The summed E-state index contributed by atoms with van der Waals surface area (Å²) in [6.45, 7) is 7.90. The number of aliphatic hydroxyl groups excluding tert-OH is 1. The van der Waals surface area contributed by atoms with Crippen LogP contribution in [0.15, 0.2) is 30.3 Å². The van der Waals surface area contributed by atoms with Gasteiger partial charge in [0.2, 0.25) is 11.8 Å². The molecule has 0 bridgehead atoms. The summed E-state index contributed by atoms with van der Waals surface area (Å²) < 4.78 is 5.52. The molecule has 3 rings (SSSR count).